The van der Waals surface area contributed by atoms with Crippen LogP contribution in [-0.4, -0.2) is 12.8 Å². The standard InChI is InChI=1S/C14H16F3NO/c1-18-13(9-3-2-4-12(13)19)10-5-7-11(8-6-10)14(15,16)17/h5-8,18H,2-4,9H2,1H3/t13-/m1/s1. The highest BCUT2D eigenvalue weighted by molar-refractivity contribution is 5.90. The zero-order valence-electron chi connectivity index (χ0n) is 10.7. The van der Waals surface area contributed by atoms with E-state index in [0.29, 0.717) is 18.4 Å². The van der Waals surface area contributed by atoms with Gasteiger partial charge in [0, 0.05) is 6.42 Å². The highest BCUT2D eigenvalue weighted by Crippen LogP contribution is 2.36. The Morgan fingerprint density at radius 3 is 2.26 bits per heavy atom. The number of likely N-dealkylation sites (N-methyl/N-ethyl adjacent to an activating group) is 1. The van der Waals surface area contributed by atoms with Gasteiger partial charge in [-0.25, -0.2) is 0 Å². The smallest absolute Gasteiger partial charge is 0.304 e. The molecular formula is C14H16F3NO. The van der Waals surface area contributed by atoms with E-state index in [1.54, 1.807) is 7.05 Å². The molecule has 0 unspecified atom stereocenters. The van der Waals surface area contributed by atoms with Gasteiger partial charge in [0.2, 0.25) is 0 Å². The zero-order chi connectivity index (χ0) is 14.1. The van der Waals surface area contributed by atoms with Crippen LogP contribution in [0.15, 0.2) is 24.3 Å². The molecule has 2 nitrogen and oxygen atoms in total. The maximum atomic E-state index is 12.5. The fraction of sp³-hybridized carbons (Fsp3) is 0.500. The Morgan fingerprint density at radius 2 is 1.79 bits per heavy atom. The van der Waals surface area contributed by atoms with Crippen molar-refractivity contribution in [1.29, 1.82) is 0 Å². The Hall–Kier alpha value is -1.36. The second kappa shape index (κ2) is 4.96. The van der Waals surface area contributed by atoms with Gasteiger partial charge in [0.05, 0.1) is 5.56 Å². The molecule has 0 bridgehead atoms. The summed E-state index contributed by atoms with van der Waals surface area (Å²) in [5.41, 5.74) is -0.888. The summed E-state index contributed by atoms with van der Waals surface area (Å²) >= 11 is 0. The molecular weight excluding hydrogens is 255 g/mol. The van der Waals surface area contributed by atoms with Crippen LogP contribution in [0.4, 0.5) is 13.2 Å². The molecule has 2 rings (SSSR count). The van der Waals surface area contributed by atoms with Gasteiger partial charge in [-0.3, -0.25) is 4.79 Å². The Labute approximate surface area is 110 Å². The number of benzene rings is 1. The normalized spacial score (nSPS) is 24.5. The number of hydrogen-bond acceptors (Lipinski definition) is 2. The van der Waals surface area contributed by atoms with Crippen molar-refractivity contribution in [3.8, 4) is 0 Å². The number of halogens is 3. The molecule has 0 aromatic heterocycles. The predicted molar refractivity (Wildman–Crippen MR) is 65.7 cm³/mol. The zero-order valence-corrected chi connectivity index (χ0v) is 10.7. The molecule has 1 fully saturated rings. The summed E-state index contributed by atoms with van der Waals surface area (Å²) in [4.78, 5) is 12.1. The van der Waals surface area contributed by atoms with Gasteiger partial charge in [-0.05, 0) is 37.6 Å². The first-order valence-corrected chi connectivity index (χ1v) is 6.30. The lowest BCUT2D eigenvalue weighted by Gasteiger charge is -2.36. The number of hydrogen-bond donors (Lipinski definition) is 1. The molecule has 0 saturated heterocycles. The largest absolute Gasteiger partial charge is 0.416 e. The third-order valence-corrected chi connectivity index (χ3v) is 3.81. The van der Waals surface area contributed by atoms with Crippen LogP contribution in [0.25, 0.3) is 0 Å². The van der Waals surface area contributed by atoms with Crippen LogP contribution in [0.1, 0.15) is 36.8 Å². The number of nitrogens with one attached hydrogen (secondary N) is 1. The molecule has 0 amide bonds. The molecule has 0 spiro atoms. The van der Waals surface area contributed by atoms with E-state index in [2.05, 4.69) is 5.32 Å². The molecule has 1 aliphatic rings. The fourth-order valence-corrected chi connectivity index (χ4v) is 2.69. The van der Waals surface area contributed by atoms with Crippen molar-refractivity contribution < 1.29 is 18.0 Å². The van der Waals surface area contributed by atoms with Gasteiger partial charge >= 0.3 is 6.18 Å². The van der Waals surface area contributed by atoms with Crippen molar-refractivity contribution >= 4 is 5.78 Å². The number of carbonyl (C=O) groups excluding carboxylic acids is 1. The van der Waals surface area contributed by atoms with Gasteiger partial charge in [0.1, 0.15) is 5.54 Å². The second-order valence-corrected chi connectivity index (χ2v) is 4.86. The van der Waals surface area contributed by atoms with E-state index in [1.807, 2.05) is 0 Å². The van der Waals surface area contributed by atoms with Crippen molar-refractivity contribution in [3.05, 3.63) is 35.4 Å². The number of alkyl halides is 3. The lowest BCUT2D eigenvalue weighted by molar-refractivity contribution is -0.137. The second-order valence-electron chi connectivity index (χ2n) is 4.86. The average molecular weight is 271 g/mol. The monoisotopic (exact) mass is 271 g/mol. The topological polar surface area (TPSA) is 29.1 Å². The molecule has 1 aliphatic carbocycles. The van der Waals surface area contributed by atoms with E-state index in [0.717, 1.165) is 25.0 Å². The Morgan fingerprint density at radius 1 is 1.16 bits per heavy atom. The molecule has 1 aromatic carbocycles. The van der Waals surface area contributed by atoms with E-state index < -0.39 is 17.3 Å². The third-order valence-electron chi connectivity index (χ3n) is 3.81. The molecule has 1 atom stereocenters. The summed E-state index contributed by atoms with van der Waals surface area (Å²) in [5.74, 6) is 0.0565. The van der Waals surface area contributed by atoms with Crippen LogP contribution in [0.5, 0.6) is 0 Å². The van der Waals surface area contributed by atoms with Gasteiger partial charge in [-0.2, -0.15) is 13.2 Å². The quantitative estimate of drug-likeness (QED) is 0.894. The molecule has 5 heteroatoms. The minimum absolute atomic E-state index is 0.0565. The van der Waals surface area contributed by atoms with E-state index in [9.17, 15) is 18.0 Å². The van der Waals surface area contributed by atoms with Crippen LogP contribution in [0, 0.1) is 0 Å². The third kappa shape index (κ3) is 2.52. The number of rotatable bonds is 2. The maximum Gasteiger partial charge on any atom is 0.416 e. The van der Waals surface area contributed by atoms with E-state index in [1.165, 1.54) is 12.1 Å². The molecule has 1 N–H and O–H groups in total. The first kappa shape index (κ1) is 14.1. The summed E-state index contributed by atoms with van der Waals surface area (Å²) in [6.07, 6.45) is -1.49. The van der Waals surface area contributed by atoms with Crippen LogP contribution in [0.3, 0.4) is 0 Å². The van der Waals surface area contributed by atoms with Gasteiger partial charge in [0.15, 0.2) is 5.78 Å². The van der Waals surface area contributed by atoms with Gasteiger partial charge in [-0.1, -0.05) is 18.6 Å². The number of ketones is 1. The van der Waals surface area contributed by atoms with Crippen molar-refractivity contribution in [2.24, 2.45) is 0 Å². The summed E-state index contributed by atoms with van der Waals surface area (Å²) in [6.45, 7) is 0. The van der Waals surface area contributed by atoms with Crippen LogP contribution in [0.2, 0.25) is 0 Å². The molecule has 19 heavy (non-hydrogen) atoms. The first-order valence-electron chi connectivity index (χ1n) is 6.30. The van der Waals surface area contributed by atoms with E-state index in [4.69, 9.17) is 0 Å². The number of Topliss-reactive ketones (excluding diaryl/α,β-unsaturated/α-hetero) is 1. The van der Waals surface area contributed by atoms with Crippen molar-refractivity contribution in [3.63, 3.8) is 0 Å². The Kier molecular flexibility index (Phi) is 3.67. The highest BCUT2D eigenvalue weighted by atomic mass is 19.4. The molecule has 1 saturated carbocycles. The van der Waals surface area contributed by atoms with Crippen LogP contribution in [-0.2, 0) is 16.5 Å². The summed E-state index contributed by atoms with van der Waals surface area (Å²) in [6, 6.07) is 4.89. The van der Waals surface area contributed by atoms with Gasteiger partial charge in [0.25, 0.3) is 0 Å². The predicted octanol–water partition coefficient (Wildman–Crippen LogP) is 3.26. The van der Waals surface area contributed by atoms with Crippen molar-refractivity contribution in [2.45, 2.75) is 37.4 Å². The number of carbonyl (C=O) groups is 1. The Bertz CT molecular complexity index is 467. The first-order chi connectivity index (χ1) is 8.90. The lowest BCUT2D eigenvalue weighted by atomic mass is 9.75. The summed E-state index contributed by atoms with van der Waals surface area (Å²) in [5, 5.41) is 3.01. The van der Waals surface area contributed by atoms with Crippen LogP contribution >= 0.6 is 0 Å². The summed E-state index contributed by atoms with van der Waals surface area (Å²) < 4.78 is 37.6. The minimum Gasteiger partial charge on any atom is -0.304 e. The average Bonchev–Trinajstić information content (AvgIpc) is 2.39. The molecule has 0 aliphatic heterocycles. The molecule has 104 valence electrons. The SMILES string of the molecule is CN[C@@]1(c2ccc(C(F)(F)F)cc2)CCCCC1=O. The fourth-order valence-electron chi connectivity index (χ4n) is 2.69. The van der Waals surface area contributed by atoms with Gasteiger partial charge in [-0.15, -0.1) is 0 Å². The molecule has 0 heterocycles. The van der Waals surface area contributed by atoms with E-state index >= 15 is 0 Å². The minimum atomic E-state index is -4.35. The van der Waals surface area contributed by atoms with Crippen molar-refractivity contribution in [2.75, 3.05) is 7.05 Å². The summed E-state index contributed by atoms with van der Waals surface area (Å²) in [7, 11) is 1.68. The Balaban J connectivity index is 2.36. The van der Waals surface area contributed by atoms with Crippen LogP contribution < -0.4 is 5.32 Å². The van der Waals surface area contributed by atoms with E-state index in [-0.39, 0.29) is 5.78 Å². The lowest BCUT2D eigenvalue weighted by Crippen LogP contribution is -2.49. The molecule has 1 aromatic rings. The van der Waals surface area contributed by atoms with Gasteiger partial charge < -0.3 is 5.32 Å². The van der Waals surface area contributed by atoms with Crippen molar-refractivity contribution in [1.82, 2.24) is 5.32 Å². The molecule has 0 radical (unpaired) electrons. The highest BCUT2D eigenvalue weighted by Gasteiger charge is 2.40. The maximum absolute atomic E-state index is 12.5.